The Morgan fingerprint density at radius 3 is 2.77 bits per heavy atom. The van der Waals surface area contributed by atoms with Gasteiger partial charge in [-0.25, -0.2) is 0 Å². The lowest BCUT2D eigenvalue weighted by Crippen LogP contribution is -2.24. The zero-order chi connectivity index (χ0) is 9.90. The number of rotatable bonds is 4. The van der Waals surface area contributed by atoms with Crippen LogP contribution < -0.4 is 0 Å². The van der Waals surface area contributed by atoms with Crippen molar-refractivity contribution in [3.63, 3.8) is 0 Å². The molecule has 0 saturated carbocycles. The van der Waals surface area contributed by atoms with Crippen molar-refractivity contribution in [2.75, 3.05) is 7.11 Å². The second-order valence-corrected chi connectivity index (χ2v) is 4.88. The molecule has 0 spiro atoms. The van der Waals surface area contributed by atoms with E-state index in [0.717, 1.165) is 13.0 Å². The number of aromatic nitrogens is 2. The summed E-state index contributed by atoms with van der Waals surface area (Å²) >= 11 is 2.26. The summed E-state index contributed by atoms with van der Waals surface area (Å²) < 4.78 is 8.44. The molecule has 4 heteroatoms. The zero-order valence-corrected chi connectivity index (χ0v) is 10.4. The van der Waals surface area contributed by atoms with Crippen LogP contribution in [0, 0.1) is 3.57 Å². The monoisotopic (exact) mass is 294 g/mol. The summed E-state index contributed by atoms with van der Waals surface area (Å²) in [7, 11) is 1.74. The Labute approximate surface area is 92.6 Å². The highest BCUT2D eigenvalue weighted by Crippen LogP contribution is 2.14. The molecule has 0 N–H and O–H groups in total. The Balaban J connectivity index is 2.43. The van der Waals surface area contributed by atoms with Crippen molar-refractivity contribution in [2.45, 2.75) is 32.4 Å². The second-order valence-electron chi connectivity index (χ2n) is 3.64. The fourth-order valence-electron chi connectivity index (χ4n) is 0.946. The molecule has 0 aromatic carbocycles. The first-order chi connectivity index (χ1) is 6.03. The second kappa shape index (κ2) is 4.41. The van der Waals surface area contributed by atoms with E-state index in [9.17, 15) is 0 Å². The number of hydrogen-bond acceptors (Lipinski definition) is 2. The van der Waals surface area contributed by atoms with Gasteiger partial charge in [-0.15, -0.1) is 0 Å². The molecule has 0 amide bonds. The van der Waals surface area contributed by atoms with Gasteiger partial charge < -0.3 is 4.74 Å². The minimum atomic E-state index is -0.0581. The first-order valence-corrected chi connectivity index (χ1v) is 5.34. The third-order valence-electron chi connectivity index (χ3n) is 2.10. The van der Waals surface area contributed by atoms with Gasteiger partial charge in [-0.05, 0) is 42.9 Å². The molecule has 1 rings (SSSR count). The molecule has 1 aromatic heterocycles. The maximum absolute atomic E-state index is 5.32. The number of aryl methyl sites for hydroxylation is 1. The minimum absolute atomic E-state index is 0.0581. The van der Waals surface area contributed by atoms with Crippen molar-refractivity contribution in [3.05, 3.63) is 16.0 Å². The summed E-state index contributed by atoms with van der Waals surface area (Å²) in [4.78, 5) is 0. The number of hydrogen-bond donors (Lipinski definition) is 0. The minimum Gasteiger partial charge on any atom is -0.379 e. The smallest absolute Gasteiger partial charge is 0.0640 e. The number of methoxy groups -OCH3 is 1. The van der Waals surface area contributed by atoms with Crippen molar-refractivity contribution in [1.29, 1.82) is 0 Å². The zero-order valence-electron chi connectivity index (χ0n) is 8.25. The topological polar surface area (TPSA) is 27.1 Å². The summed E-state index contributed by atoms with van der Waals surface area (Å²) in [5.41, 5.74) is -0.0581. The van der Waals surface area contributed by atoms with E-state index in [4.69, 9.17) is 4.74 Å². The summed E-state index contributed by atoms with van der Waals surface area (Å²) in [6, 6.07) is 0. The maximum Gasteiger partial charge on any atom is 0.0640 e. The van der Waals surface area contributed by atoms with Crippen molar-refractivity contribution in [2.24, 2.45) is 0 Å². The van der Waals surface area contributed by atoms with E-state index in [0.29, 0.717) is 0 Å². The van der Waals surface area contributed by atoms with Crippen molar-refractivity contribution >= 4 is 22.6 Å². The number of nitrogens with zero attached hydrogens (tertiary/aromatic N) is 2. The highest BCUT2D eigenvalue weighted by atomic mass is 127. The molecule has 0 unspecified atom stereocenters. The molecule has 13 heavy (non-hydrogen) atoms. The molecule has 0 saturated heterocycles. The molecule has 1 aromatic rings. The Hall–Kier alpha value is -0.100. The van der Waals surface area contributed by atoms with Crippen molar-refractivity contribution in [1.82, 2.24) is 9.78 Å². The van der Waals surface area contributed by atoms with Gasteiger partial charge in [0.15, 0.2) is 0 Å². The van der Waals surface area contributed by atoms with E-state index >= 15 is 0 Å². The Morgan fingerprint density at radius 2 is 2.31 bits per heavy atom. The first-order valence-electron chi connectivity index (χ1n) is 4.26. The van der Waals surface area contributed by atoms with Gasteiger partial charge in [0, 0.05) is 19.9 Å². The fourth-order valence-corrected chi connectivity index (χ4v) is 1.39. The van der Waals surface area contributed by atoms with Gasteiger partial charge in [0.2, 0.25) is 0 Å². The van der Waals surface area contributed by atoms with E-state index in [2.05, 4.69) is 41.5 Å². The van der Waals surface area contributed by atoms with E-state index in [1.807, 2.05) is 17.1 Å². The van der Waals surface area contributed by atoms with Crippen LogP contribution in [0.1, 0.15) is 20.3 Å². The average Bonchev–Trinajstić information content (AvgIpc) is 2.48. The highest BCUT2D eigenvalue weighted by molar-refractivity contribution is 14.1. The molecular weight excluding hydrogens is 279 g/mol. The molecule has 0 aliphatic heterocycles. The van der Waals surface area contributed by atoms with Gasteiger partial charge in [-0.1, -0.05) is 0 Å². The Morgan fingerprint density at radius 1 is 1.62 bits per heavy atom. The van der Waals surface area contributed by atoms with Crippen LogP contribution in [0.2, 0.25) is 0 Å². The standard InChI is InChI=1S/C9H15IN2O/c1-9(2,13-3)4-5-12-7-8(10)6-11-12/h6-7H,4-5H2,1-3H3. The first kappa shape index (κ1) is 11.0. The summed E-state index contributed by atoms with van der Waals surface area (Å²) in [6.07, 6.45) is 4.87. The van der Waals surface area contributed by atoms with E-state index in [1.165, 1.54) is 3.57 Å². The SMILES string of the molecule is COC(C)(C)CCn1cc(I)cn1. The fraction of sp³-hybridized carbons (Fsp3) is 0.667. The third-order valence-corrected chi connectivity index (χ3v) is 2.65. The van der Waals surface area contributed by atoms with Crippen LogP contribution in [0.4, 0.5) is 0 Å². The van der Waals surface area contributed by atoms with Gasteiger partial charge in [-0.3, -0.25) is 4.68 Å². The average molecular weight is 294 g/mol. The maximum atomic E-state index is 5.32. The molecule has 0 fully saturated rings. The van der Waals surface area contributed by atoms with Crippen LogP contribution in [0.15, 0.2) is 12.4 Å². The molecule has 0 radical (unpaired) electrons. The van der Waals surface area contributed by atoms with Crippen molar-refractivity contribution < 1.29 is 4.74 Å². The highest BCUT2D eigenvalue weighted by Gasteiger charge is 2.15. The van der Waals surface area contributed by atoms with E-state index in [-0.39, 0.29) is 5.60 Å². The van der Waals surface area contributed by atoms with Gasteiger partial charge >= 0.3 is 0 Å². The van der Waals surface area contributed by atoms with Crippen LogP contribution in [0.3, 0.4) is 0 Å². The molecule has 0 aliphatic rings. The van der Waals surface area contributed by atoms with Gasteiger partial charge in [0.05, 0.1) is 15.4 Å². The quantitative estimate of drug-likeness (QED) is 0.797. The lowest BCUT2D eigenvalue weighted by molar-refractivity contribution is 0.0113. The Bertz CT molecular complexity index is 270. The molecule has 1 heterocycles. The normalized spacial score (nSPS) is 12.0. The van der Waals surface area contributed by atoms with Crippen molar-refractivity contribution in [3.8, 4) is 0 Å². The molecule has 0 aliphatic carbocycles. The summed E-state index contributed by atoms with van der Waals surface area (Å²) in [5, 5.41) is 4.21. The molecule has 3 nitrogen and oxygen atoms in total. The lowest BCUT2D eigenvalue weighted by atomic mass is 10.1. The number of halogens is 1. The predicted octanol–water partition coefficient (Wildman–Crippen LogP) is 2.30. The Kier molecular flexibility index (Phi) is 3.73. The third kappa shape index (κ3) is 3.64. The predicted molar refractivity (Wildman–Crippen MR) is 60.6 cm³/mol. The van der Waals surface area contributed by atoms with Gasteiger partial charge in [0.25, 0.3) is 0 Å². The van der Waals surface area contributed by atoms with Gasteiger partial charge in [0.1, 0.15) is 0 Å². The van der Waals surface area contributed by atoms with Crippen LogP contribution in [-0.2, 0) is 11.3 Å². The largest absolute Gasteiger partial charge is 0.379 e. The summed E-state index contributed by atoms with van der Waals surface area (Å²) in [6.45, 7) is 5.08. The van der Waals surface area contributed by atoms with Crippen LogP contribution in [0.25, 0.3) is 0 Å². The van der Waals surface area contributed by atoms with Crippen LogP contribution in [-0.4, -0.2) is 22.5 Å². The van der Waals surface area contributed by atoms with Crippen LogP contribution >= 0.6 is 22.6 Å². The molecule has 0 atom stereocenters. The van der Waals surface area contributed by atoms with E-state index < -0.39 is 0 Å². The molecular formula is C9H15IN2O. The van der Waals surface area contributed by atoms with Gasteiger partial charge in [-0.2, -0.15) is 5.10 Å². The number of ether oxygens (including phenoxy) is 1. The molecule has 74 valence electrons. The van der Waals surface area contributed by atoms with E-state index in [1.54, 1.807) is 7.11 Å². The molecule has 0 bridgehead atoms. The van der Waals surface area contributed by atoms with Crippen LogP contribution in [0.5, 0.6) is 0 Å². The lowest BCUT2D eigenvalue weighted by Gasteiger charge is -2.22. The summed E-state index contributed by atoms with van der Waals surface area (Å²) in [5.74, 6) is 0.